The molecule has 0 unspecified atom stereocenters. The van der Waals surface area contributed by atoms with Crippen LogP contribution in [-0.2, 0) is 55.4 Å². The minimum Gasteiger partial charge on any atom is -0.741 e. The molecule has 4 rings (SSSR count). The molecule has 0 aromatic carbocycles. The summed E-state index contributed by atoms with van der Waals surface area (Å²) in [6.07, 6.45) is 21.6. The number of halogens is 3. The fourth-order valence-electron chi connectivity index (χ4n) is 1.30. The molecule has 0 aliphatic heterocycles. The van der Waals surface area contributed by atoms with Gasteiger partial charge < -0.3 is 22.8 Å². The van der Waals surface area contributed by atoms with Crippen LogP contribution in [0.2, 0.25) is 0 Å². The average molecular weight is 541 g/mol. The second-order valence-corrected chi connectivity index (χ2v) is 7.18. The number of alkyl halides is 3. The topological polar surface area (TPSA) is 128 Å². The van der Waals surface area contributed by atoms with E-state index in [2.05, 4.69) is 19.9 Å². The molecule has 33 heavy (non-hydrogen) atoms. The van der Waals surface area contributed by atoms with Crippen LogP contribution in [0.4, 0.5) is 13.2 Å². The summed E-state index contributed by atoms with van der Waals surface area (Å²) >= 11 is 0. The van der Waals surface area contributed by atoms with Crippen molar-refractivity contribution >= 4 is 10.1 Å². The van der Waals surface area contributed by atoms with Crippen molar-refractivity contribution in [3.8, 4) is 0 Å². The number of hydrogen-bond donors (Lipinski definition) is 0. The Labute approximate surface area is 200 Å². The first-order chi connectivity index (χ1) is 14.8. The molecular weight excluding hydrogens is 517 g/mol. The number of rotatable bonds is 0. The largest absolute Gasteiger partial charge is 1.00 e. The summed E-state index contributed by atoms with van der Waals surface area (Å²) in [4.78, 5) is 15.1. The van der Waals surface area contributed by atoms with Crippen LogP contribution in [0.5, 0.6) is 0 Å². The molecule has 16 heteroatoms. The van der Waals surface area contributed by atoms with Gasteiger partial charge in [0.05, 0.1) is 25.3 Å². The number of aryl methyl sites for hydroxylation is 4. The van der Waals surface area contributed by atoms with E-state index < -0.39 is 15.6 Å². The molecule has 0 aliphatic carbocycles. The Morgan fingerprint density at radius 1 is 0.636 bits per heavy atom. The molecule has 4 heterocycles. The van der Waals surface area contributed by atoms with Crippen LogP contribution in [0.25, 0.3) is 0 Å². The van der Waals surface area contributed by atoms with Gasteiger partial charge >= 0.3 is 22.6 Å². The Morgan fingerprint density at radius 3 is 0.848 bits per heavy atom. The first kappa shape index (κ1) is 32.2. The monoisotopic (exact) mass is 540 g/mol. The van der Waals surface area contributed by atoms with Crippen molar-refractivity contribution in [2.24, 2.45) is 28.2 Å². The molecule has 0 radical (unpaired) electrons. The molecule has 0 spiro atoms. The molecule has 0 aliphatic rings. The SMILES string of the molecule is Cn1ccnc1.Cn1ccnc1.Cn1ccnc1.Cn1ccnc1.O=S(=O)([O-])C(F)(F)F.[Cu+]. The second-order valence-electron chi connectivity index (χ2n) is 5.81. The summed E-state index contributed by atoms with van der Waals surface area (Å²) < 4.78 is 66.5. The molecule has 188 valence electrons. The maximum atomic E-state index is 10.7. The molecule has 4 aromatic rings. The summed E-state index contributed by atoms with van der Waals surface area (Å²) in [6.45, 7) is 0. The molecule has 4 aromatic heterocycles. The normalized spacial score (nSPS) is 9.82. The summed E-state index contributed by atoms with van der Waals surface area (Å²) in [5.74, 6) is 0. The van der Waals surface area contributed by atoms with Gasteiger partial charge in [-0.3, -0.25) is 0 Å². The van der Waals surface area contributed by atoms with Gasteiger partial charge in [-0.1, -0.05) is 0 Å². The van der Waals surface area contributed by atoms with Gasteiger partial charge in [0, 0.05) is 77.8 Å². The Balaban J connectivity index is 0. The van der Waals surface area contributed by atoms with Gasteiger partial charge in [0.1, 0.15) is 0 Å². The van der Waals surface area contributed by atoms with Crippen LogP contribution >= 0.6 is 0 Å². The zero-order valence-corrected chi connectivity index (χ0v) is 19.8. The van der Waals surface area contributed by atoms with Crippen molar-refractivity contribution in [3.63, 3.8) is 0 Å². The summed E-state index contributed by atoms with van der Waals surface area (Å²) in [6, 6.07) is 0. The first-order valence-corrected chi connectivity index (χ1v) is 9.93. The van der Waals surface area contributed by atoms with Crippen LogP contribution in [0.3, 0.4) is 0 Å². The van der Waals surface area contributed by atoms with Crippen molar-refractivity contribution in [3.05, 3.63) is 74.9 Å². The maximum absolute atomic E-state index is 10.7. The minimum atomic E-state index is -6.09. The standard InChI is InChI=1S/4C4H6N2.CHF3O3S.Cu/c4*1-6-3-2-5-4-6;2-1(3,4)8(5,6)7;/h4*2-4H,1H3;(H,5,6,7);/q;;;;;+1/p-1. The van der Waals surface area contributed by atoms with E-state index in [1.54, 1.807) is 50.1 Å². The Morgan fingerprint density at radius 2 is 0.818 bits per heavy atom. The molecule has 0 N–H and O–H groups in total. The van der Waals surface area contributed by atoms with E-state index >= 15 is 0 Å². The van der Waals surface area contributed by atoms with Gasteiger partial charge in [-0.25, -0.2) is 28.4 Å². The summed E-state index contributed by atoms with van der Waals surface area (Å²) in [7, 11) is 1.66. The van der Waals surface area contributed by atoms with Gasteiger partial charge in [-0.15, -0.1) is 0 Å². The molecule has 11 nitrogen and oxygen atoms in total. The van der Waals surface area contributed by atoms with Gasteiger partial charge in [-0.2, -0.15) is 13.2 Å². The van der Waals surface area contributed by atoms with Crippen LogP contribution in [0.1, 0.15) is 0 Å². The van der Waals surface area contributed by atoms with Crippen molar-refractivity contribution in [1.29, 1.82) is 0 Å². The fourth-order valence-corrected chi connectivity index (χ4v) is 1.30. The Kier molecular flexibility index (Phi) is 16.3. The van der Waals surface area contributed by atoms with E-state index in [0.29, 0.717) is 0 Å². The third-order valence-electron chi connectivity index (χ3n) is 2.83. The number of aromatic nitrogens is 8. The van der Waals surface area contributed by atoms with E-state index in [4.69, 9.17) is 13.0 Å². The quantitative estimate of drug-likeness (QED) is 0.189. The van der Waals surface area contributed by atoms with Crippen molar-refractivity contribution in [2.45, 2.75) is 5.51 Å². The molecule has 0 bridgehead atoms. The van der Waals surface area contributed by atoms with Gasteiger partial charge in [0.15, 0.2) is 10.1 Å². The molecule has 0 amide bonds. The summed E-state index contributed by atoms with van der Waals surface area (Å²) in [5, 5.41) is 0. The smallest absolute Gasteiger partial charge is 0.741 e. The molecule has 0 saturated heterocycles. The number of imidazole rings is 4. The van der Waals surface area contributed by atoms with Gasteiger partial charge in [0.25, 0.3) is 0 Å². The Bertz CT molecular complexity index is 893. The molecule has 0 saturated carbocycles. The van der Waals surface area contributed by atoms with E-state index in [1.807, 2.05) is 71.2 Å². The minimum absolute atomic E-state index is 0. The molecule has 0 fully saturated rings. The van der Waals surface area contributed by atoms with E-state index in [0.717, 1.165) is 0 Å². The van der Waals surface area contributed by atoms with Crippen molar-refractivity contribution in [2.75, 3.05) is 0 Å². The Hall–Kier alpha value is -2.94. The van der Waals surface area contributed by atoms with Crippen molar-refractivity contribution in [1.82, 2.24) is 38.2 Å². The van der Waals surface area contributed by atoms with Crippen LogP contribution in [0, 0.1) is 0 Å². The predicted octanol–water partition coefficient (Wildman–Crippen LogP) is 1.73. The molecular formula is C17H24CuF3N8O3S. The van der Waals surface area contributed by atoms with Crippen LogP contribution in [0.15, 0.2) is 74.9 Å². The first-order valence-electron chi connectivity index (χ1n) is 8.52. The van der Waals surface area contributed by atoms with E-state index in [1.165, 1.54) is 0 Å². The van der Waals surface area contributed by atoms with E-state index in [9.17, 15) is 13.2 Å². The molecule has 0 atom stereocenters. The second kappa shape index (κ2) is 16.7. The summed E-state index contributed by atoms with van der Waals surface area (Å²) in [5.41, 5.74) is -5.65. The van der Waals surface area contributed by atoms with Gasteiger partial charge in [-0.05, 0) is 0 Å². The average Bonchev–Trinajstić information content (AvgIpc) is 3.46. The zero-order chi connectivity index (χ0) is 24.6. The van der Waals surface area contributed by atoms with Crippen LogP contribution < -0.4 is 0 Å². The predicted molar refractivity (Wildman–Crippen MR) is 109 cm³/mol. The zero-order valence-electron chi connectivity index (χ0n) is 18.1. The fraction of sp³-hybridized carbons (Fsp3) is 0.294. The maximum Gasteiger partial charge on any atom is 1.00 e. The third kappa shape index (κ3) is 18.3. The van der Waals surface area contributed by atoms with E-state index in [-0.39, 0.29) is 17.1 Å². The number of nitrogens with zero attached hydrogens (tertiary/aromatic N) is 8. The third-order valence-corrected chi connectivity index (χ3v) is 3.40. The van der Waals surface area contributed by atoms with Gasteiger partial charge in [0.2, 0.25) is 0 Å². The van der Waals surface area contributed by atoms with Crippen LogP contribution in [-0.4, -0.2) is 56.7 Å². The number of hydrogen-bond acceptors (Lipinski definition) is 7. The van der Waals surface area contributed by atoms with Crippen molar-refractivity contribution < 1.29 is 43.2 Å².